The van der Waals surface area contributed by atoms with Crippen molar-refractivity contribution in [2.24, 2.45) is 5.92 Å². The van der Waals surface area contributed by atoms with E-state index in [-0.39, 0.29) is 24.2 Å². The van der Waals surface area contributed by atoms with Crippen LogP contribution in [0.15, 0.2) is 54.6 Å². The molecule has 2 aromatic carbocycles. The van der Waals surface area contributed by atoms with E-state index >= 15 is 0 Å². The topological polar surface area (TPSA) is 73.2 Å². The predicted octanol–water partition coefficient (Wildman–Crippen LogP) is 2.59. The molecule has 126 valence electrons. The Morgan fingerprint density at radius 1 is 1.16 bits per heavy atom. The second-order valence-electron chi connectivity index (χ2n) is 6.15. The largest absolute Gasteiger partial charge is 0.342 e. The average Bonchev–Trinajstić information content (AvgIpc) is 3.02. The third-order valence-corrected chi connectivity index (χ3v) is 4.38. The maximum absolute atomic E-state index is 12.4. The van der Waals surface area contributed by atoms with Crippen LogP contribution in [0, 0.1) is 17.2 Å². The first-order valence-corrected chi connectivity index (χ1v) is 8.28. The van der Waals surface area contributed by atoms with E-state index in [0.717, 1.165) is 6.42 Å². The first kappa shape index (κ1) is 16.7. The Morgan fingerprint density at radius 2 is 1.88 bits per heavy atom. The molecule has 25 heavy (non-hydrogen) atoms. The van der Waals surface area contributed by atoms with Gasteiger partial charge in [0.15, 0.2) is 0 Å². The molecule has 1 fully saturated rings. The minimum absolute atomic E-state index is 0.0240. The van der Waals surface area contributed by atoms with Crippen LogP contribution in [0.2, 0.25) is 0 Å². The quantitative estimate of drug-likeness (QED) is 0.914. The standard InChI is InChI=1S/C20H19N3O2/c21-13-16-6-8-18(9-7-16)22-20(25)17-12-19(24)23(14-17)11-10-15-4-2-1-3-5-15/h1-9,17H,10-12,14H2,(H,22,25). The number of benzene rings is 2. The van der Waals surface area contributed by atoms with Crippen LogP contribution < -0.4 is 5.32 Å². The molecule has 2 amide bonds. The van der Waals surface area contributed by atoms with E-state index in [9.17, 15) is 9.59 Å². The molecule has 0 bridgehead atoms. The molecule has 1 N–H and O–H groups in total. The Labute approximate surface area is 146 Å². The van der Waals surface area contributed by atoms with Gasteiger partial charge in [0.1, 0.15) is 0 Å². The van der Waals surface area contributed by atoms with Gasteiger partial charge in [0.2, 0.25) is 11.8 Å². The van der Waals surface area contributed by atoms with Gasteiger partial charge in [0.25, 0.3) is 0 Å². The summed E-state index contributed by atoms with van der Waals surface area (Å²) in [5.74, 6) is -0.463. The third kappa shape index (κ3) is 4.24. The number of hydrogen-bond donors (Lipinski definition) is 1. The van der Waals surface area contributed by atoms with E-state index in [2.05, 4.69) is 5.32 Å². The zero-order valence-electron chi connectivity index (χ0n) is 13.8. The van der Waals surface area contributed by atoms with Crippen LogP contribution in [-0.4, -0.2) is 29.8 Å². The summed E-state index contributed by atoms with van der Waals surface area (Å²) in [5, 5.41) is 11.6. The second kappa shape index (κ2) is 7.63. The lowest BCUT2D eigenvalue weighted by Gasteiger charge is -2.16. The molecule has 3 rings (SSSR count). The fourth-order valence-corrected chi connectivity index (χ4v) is 2.95. The predicted molar refractivity (Wildman–Crippen MR) is 94.6 cm³/mol. The second-order valence-corrected chi connectivity index (χ2v) is 6.15. The van der Waals surface area contributed by atoms with Crippen LogP contribution >= 0.6 is 0 Å². The number of rotatable bonds is 5. The molecule has 0 saturated carbocycles. The average molecular weight is 333 g/mol. The van der Waals surface area contributed by atoms with Crippen molar-refractivity contribution in [3.63, 3.8) is 0 Å². The Hall–Kier alpha value is -3.13. The first-order chi connectivity index (χ1) is 12.2. The lowest BCUT2D eigenvalue weighted by atomic mass is 10.1. The smallest absolute Gasteiger partial charge is 0.229 e. The molecule has 0 aromatic heterocycles. The normalized spacial score (nSPS) is 16.5. The van der Waals surface area contributed by atoms with Gasteiger partial charge in [-0.15, -0.1) is 0 Å². The van der Waals surface area contributed by atoms with Crippen molar-refractivity contribution in [1.29, 1.82) is 5.26 Å². The number of nitrogens with one attached hydrogen (secondary N) is 1. The van der Waals surface area contributed by atoms with Crippen LogP contribution in [-0.2, 0) is 16.0 Å². The monoisotopic (exact) mass is 333 g/mol. The van der Waals surface area contributed by atoms with Gasteiger partial charge in [-0.2, -0.15) is 5.26 Å². The van der Waals surface area contributed by atoms with E-state index in [1.807, 2.05) is 36.4 Å². The molecule has 5 nitrogen and oxygen atoms in total. The summed E-state index contributed by atoms with van der Waals surface area (Å²) in [6.45, 7) is 1.08. The highest BCUT2D eigenvalue weighted by Gasteiger charge is 2.33. The number of carbonyl (C=O) groups is 2. The molecular formula is C20H19N3O2. The van der Waals surface area contributed by atoms with Crippen molar-refractivity contribution >= 4 is 17.5 Å². The van der Waals surface area contributed by atoms with Crippen molar-refractivity contribution in [1.82, 2.24) is 4.90 Å². The molecule has 0 radical (unpaired) electrons. The van der Waals surface area contributed by atoms with Gasteiger partial charge in [-0.05, 0) is 36.2 Å². The first-order valence-electron chi connectivity index (χ1n) is 8.28. The van der Waals surface area contributed by atoms with Crippen LogP contribution in [0.3, 0.4) is 0 Å². The number of anilines is 1. The molecule has 1 saturated heterocycles. The summed E-state index contributed by atoms with van der Waals surface area (Å²) in [7, 11) is 0. The minimum Gasteiger partial charge on any atom is -0.342 e. The van der Waals surface area contributed by atoms with Crippen LogP contribution in [0.1, 0.15) is 17.5 Å². The Morgan fingerprint density at radius 3 is 2.56 bits per heavy atom. The number of hydrogen-bond acceptors (Lipinski definition) is 3. The van der Waals surface area contributed by atoms with Gasteiger partial charge >= 0.3 is 0 Å². The Kier molecular flexibility index (Phi) is 5.10. The minimum atomic E-state index is -0.334. The molecule has 1 unspecified atom stereocenters. The zero-order valence-corrected chi connectivity index (χ0v) is 13.8. The van der Waals surface area contributed by atoms with Crippen molar-refractivity contribution in [3.05, 3.63) is 65.7 Å². The Bertz CT molecular complexity index is 794. The summed E-state index contributed by atoms with van der Waals surface area (Å²) in [5.41, 5.74) is 2.36. The number of carbonyl (C=O) groups excluding carboxylic acids is 2. The molecular weight excluding hydrogens is 314 g/mol. The van der Waals surface area contributed by atoms with Gasteiger partial charge in [-0.3, -0.25) is 9.59 Å². The van der Waals surface area contributed by atoms with Gasteiger partial charge in [-0.25, -0.2) is 0 Å². The van der Waals surface area contributed by atoms with Gasteiger partial charge in [0.05, 0.1) is 17.6 Å². The summed E-state index contributed by atoms with van der Waals surface area (Å²) in [6, 6.07) is 18.7. The summed E-state index contributed by atoms with van der Waals surface area (Å²) in [6.07, 6.45) is 1.04. The highest BCUT2D eigenvalue weighted by molar-refractivity contribution is 5.97. The lowest BCUT2D eigenvalue weighted by Crippen LogP contribution is -2.30. The van der Waals surface area contributed by atoms with Crippen molar-refractivity contribution in [2.45, 2.75) is 12.8 Å². The molecule has 5 heteroatoms. The van der Waals surface area contributed by atoms with Gasteiger partial charge in [-0.1, -0.05) is 30.3 Å². The SMILES string of the molecule is N#Cc1ccc(NC(=O)C2CC(=O)N(CCc3ccccc3)C2)cc1. The van der Waals surface area contributed by atoms with E-state index in [0.29, 0.717) is 24.3 Å². The molecule has 0 aliphatic carbocycles. The van der Waals surface area contributed by atoms with E-state index in [1.165, 1.54) is 5.56 Å². The van der Waals surface area contributed by atoms with Crippen molar-refractivity contribution < 1.29 is 9.59 Å². The highest BCUT2D eigenvalue weighted by atomic mass is 16.2. The fourth-order valence-electron chi connectivity index (χ4n) is 2.95. The van der Waals surface area contributed by atoms with Gasteiger partial charge in [0, 0.05) is 25.2 Å². The number of nitrogens with zero attached hydrogens (tertiary/aromatic N) is 2. The molecule has 1 aliphatic heterocycles. The molecule has 1 atom stereocenters. The third-order valence-electron chi connectivity index (χ3n) is 4.38. The Balaban J connectivity index is 1.54. The summed E-state index contributed by atoms with van der Waals surface area (Å²) in [4.78, 5) is 26.3. The zero-order chi connectivity index (χ0) is 17.6. The molecule has 0 spiro atoms. The van der Waals surface area contributed by atoms with E-state index < -0.39 is 0 Å². The number of amides is 2. The van der Waals surface area contributed by atoms with Crippen LogP contribution in [0.25, 0.3) is 0 Å². The summed E-state index contributed by atoms with van der Waals surface area (Å²) < 4.78 is 0. The van der Waals surface area contributed by atoms with Gasteiger partial charge < -0.3 is 10.2 Å². The number of nitriles is 1. The van der Waals surface area contributed by atoms with Crippen LogP contribution in [0.4, 0.5) is 5.69 Å². The number of likely N-dealkylation sites (tertiary alicyclic amines) is 1. The summed E-state index contributed by atoms with van der Waals surface area (Å²) >= 11 is 0. The van der Waals surface area contributed by atoms with Crippen LogP contribution in [0.5, 0.6) is 0 Å². The fraction of sp³-hybridized carbons (Fsp3) is 0.250. The maximum atomic E-state index is 12.4. The maximum Gasteiger partial charge on any atom is 0.229 e. The van der Waals surface area contributed by atoms with Crippen molar-refractivity contribution in [2.75, 3.05) is 18.4 Å². The highest BCUT2D eigenvalue weighted by Crippen LogP contribution is 2.20. The van der Waals surface area contributed by atoms with E-state index in [1.54, 1.807) is 29.2 Å². The van der Waals surface area contributed by atoms with Crippen molar-refractivity contribution in [3.8, 4) is 6.07 Å². The molecule has 2 aromatic rings. The lowest BCUT2D eigenvalue weighted by molar-refractivity contribution is -0.128. The molecule has 1 heterocycles. The van der Waals surface area contributed by atoms with E-state index in [4.69, 9.17) is 5.26 Å². The molecule has 1 aliphatic rings.